The van der Waals surface area contributed by atoms with Gasteiger partial charge in [-0.1, -0.05) is 43.5 Å². The third kappa shape index (κ3) is 5.00. The Morgan fingerprint density at radius 3 is 2.38 bits per heavy atom. The fourth-order valence-corrected chi connectivity index (χ4v) is 7.53. The molecule has 2 saturated carbocycles. The van der Waals surface area contributed by atoms with Crippen molar-refractivity contribution in [2.45, 2.75) is 89.0 Å². The molecule has 0 radical (unpaired) electrons. The summed E-state index contributed by atoms with van der Waals surface area (Å²) in [5, 5.41) is 0.613. The van der Waals surface area contributed by atoms with Gasteiger partial charge in [0, 0.05) is 35.1 Å². The lowest BCUT2D eigenvalue weighted by Gasteiger charge is -2.28. The van der Waals surface area contributed by atoms with Crippen LogP contribution < -0.4 is 9.62 Å². The van der Waals surface area contributed by atoms with Gasteiger partial charge in [0.05, 0.1) is 16.6 Å². The third-order valence-electron chi connectivity index (χ3n) is 8.19. The first-order valence-corrected chi connectivity index (χ1v) is 15.9. The minimum atomic E-state index is -3.66. The number of fused-ring (bicyclic) bond motifs is 5. The van der Waals surface area contributed by atoms with Gasteiger partial charge in [-0.2, -0.15) is 0 Å². The number of rotatable bonds is 4. The number of nitrogens with zero attached hydrogens (tertiary/aromatic N) is 2. The van der Waals surface area contributed by atoms with E-state index in [0.29, 0.717) is 37.4 Å². The Kier molecular flexibility index (Phi) is 6.68. The van der Waals surface area contributed by atoms with Crippen molar-refractivity contribution >= 4 is 38.6 Å². The molecule has 212 valence electrons. The van der Waals surface area contributed by atoms with Crippen LogP contribution in [-0.4, -0.2) is 42.4 Å². The first-order chi connectivity index (χ1) is 19.0. The van der Waals surface area contributed by atoms with Crippen molar-refractivity contribution in [2.24, 2.45) is 0 Å². The molecule has 1 aliphatic heterocycles. The number of ether oxygens (including phenoxy) is 1. The highest BCUT2D eigenvalue weighted by Crippen LogP contribution is 2.47. The Bertz CT molecular complexity index is 1590. The summed E-state index contributed by atoms with van der Waals surface area (Å²) in [4.78, 5) is 28.2. The maximum Gasteiger partial charge on any atom is 0.414 e. The van der Waals surface area contributed by atoms with Gasteiger partial charge in [0.2, 0.25) is 10.0 Å². The second-order valence-electron chi connectivity index (χ2n) is 12.3. The molecule has 0 spiro atoms. The summed E-state index contributed by atoms with van der Waals surface area (Å²) < 4.78 is 35.2. The van der Waals surface area contributed by atoms with E-state index in [1.54, 1.807) is 11.0 Å². The Morgan fingerprint density at radius 2 is 1.68 bits per heavy atom. The van der Waals surface area contributed by atoms with Crippen molar-refractivity contribution in [2.75, 3.05) is 11.4 Å². The molecule has 2 fully saturated rings. The van der Waals surface area contributed by atoms with E-state index in [0.717, 1.165) is 40.7 Å². The van der Waals surface area contributed by atoms with Crippen molar-refractivity contribution < 1.29 is 22.7 Å². The van der Waals surface area contributed by atoms with E-state index in [2.05, 4.69) is 15.4 Å². The highest BCUT2D eigenvalue weighted by atomic mass is 32.2. The normalized spacial score (nSPS) is 18.1. The van der Waals surface area contributed by atoms with Gasteiger partial charge in [0.25, 0.3) is 5.91 Å². The van der Waals surface area contributed by atoms with E-state index < -0.39 is 26.8 Å². The monoisotopic (exact) mass is 563 g/mol. The van der Waals surface area contributed by atoms with Crippen LogP contribution in [0, 0.1) is 0 Å². The van der Waals surface area contributed by atoms with Crippen molar-refractivity contribution in [3.63, 3.8) is 0 Å². The smallest absolute Gasteiger partial charge is 0.414 e. The fraction of sp³-hybridized carbons (Fsp3) is 0.484. The van der Waals surface area contributed by atoms with Crippen molar-refractivity contribution in [3.05, 3.63) is 53.6 Å². The number of hydrogen-bond donors (Lipinski definition) is 1. The number of para-hydroxylation sites is 1. The molecule has 2 aromatic carbocycles. The minimum Gasteiger partial charge on any atom is -0.443 e. The number of hydrogen-bond acceptors (Lipinski definition) is 5. The molecular formula is C31H37N3O5S. The summed E-state index contributed by atoms with van der Waals surface area (Å²) >= 11 is 0. The lowest BCUT2D eigenvalue weighted by Crippen LogP contribution is -2.38. The zero-order valence-corrected chi connectivity index (χ0v) is 24.2. The average molecular weight is 564 g/mol. The zero-order valence-electron chi connectivity index (χ0n) is 23.4. The van der Waals surface area contributed by atoms with Crippen LogP contribution in [0.4, 0.5) is 10.5 Å². The van der Waals surface area contributed by atoms with E-state index in [4.69, 9.17) is 4.74 Å². The van der Waals surface area contributed by atoms with E-state index >= 15 is 0 Å². The highest BCUT2D eigenvalue weighted by molar-refractivity contribution is 7.91. The van der Waals surface area contributed by atoms with E-state index in [9.17, 15) is 18.0 Å². The van der Waals surface area contributed by atoms with Gasteiger partial charge >= 0.3 is 6.09 Å². The van der Waals surface area contributed by atoms with Crippen LogP contribution in [0.25, 0.3) is 22.2 Å². The maximum atomic E-state index is 13.4. The largest absolute Gasteiger partial charge is 0.443 e. The lowest BCUT2D eigenvalue weighted by atomic mass is 9.81. The summed E-state index contributed by atoms with van der Waals surface area (Å²) in [7, 11) is -3.66. The van der Waals surface area contributed by atoms with E-state index in [1.165, 1.54) is 24.8 Å². The zero-order chi connectivity index (χ0) is 28.2. The number of sulfonamides is 1. The second-order valence-corrected chi connectivity index (χ2v) is 14.3. The Hall–Kier alpha value is -3.33. The quantitative estimate of drug-likeness (QED) is 0.400. The van der Waals surface area contributed by atoms with Gasteiger partial charge in [-0.25, -0.2) is 17.9 Å². The summed E-state index contributed by atoms with van der Waals surface area (Å²) in [5.74, 6) is -0.239. The molecule has 0 bridgehead atoms. The first kappa shape index (κ1) is 26.9. The third-order valence-corrected chi connectivity index (χ3v) is 10.0. The van der Waals surface area contributed by atoms with Crippen LogP contribution >= 0.6 is 0 Å². The summed E-state index contributed by atoms with van der Waals surface area (Å²) in [6.07, 6.45) is 6.53. The van der Waals surface area contributed by atoms with Crippen molar-refractivity contribution in [1.29, 1.82) is 0 Å². The molecule has 1 N–H and O–H groups in total. The number of aromatic nitrogens is 1. The number of carbonyl (C=O) groups excluding carboxylic acids is 2. The van der Waals surface area contributed by atoms with E-state index in [1.807, 2.05) is 51.1 Å². The Labute approximate surface area is 235 Å². The van der Waals surface area contributed by atoms with Gasteiger partial charge in [0.15, 0.2) is 0 Å². The van der Waals surface area contributed by atoms with Gasteiger partial charge in [-0.15, -0.1) is 0 Å². The molecule has 0 unspecified atom stereocenters. The van der Waals surface area contributed by atoms with Gasteiger partial charge < -0.3 is 9.30 Å². The number of benzene rings is 2. The van der Waals surface area contributed by atoms with Crippen LogP contribution in [0.5, 0.6) is 0 Å². The molecule has 0 saturated heterocycles. The molecule has 9 heteroatoms. The Morgan fingerprint density at radius 1 is 0.950 bits per heavy atom. The number of nitrogens with one attached hydrogen (secondary N) is 1. The summed E-state index contributed by atoms with van der Waals surface area (Å²) in [6, 6.07) is 13.5. The standard InChI is InChI=1S/C31H37N3O5S/c1-31(2,3)39-30(36)34-18-17-33-26-19-21(29(35)32-40(37,38)22-14-15-22)13-16-23(26)27(20-9-5-4-6-10-20)28(33)24-11-7-8-12-25(24)34/h7-8,11-13,16,19-20,22H,4-6,9-10,14-15,17-18H2,1-3H3,(H,32,35). The predicted molar refractivity (Wildman–Crippen MR) is 156 cm³/mol. The van der Waals surface area contributed by atoms with Gasteiger partial charge in [0.1, 0.15) is 5.60 Å². The molecule has 3 aliphatic rings. The Balaban J connectivity index is 1.50. The van der Waals surface area contributed by atoms with Crippen LogP contribution in [0.3, 0.4) is 0 Å². The molecular weight excluding hydrogens is 526 g/mol. The van der Waals surface area contributed by atoms with Gasteiger partial charge in [-0.3, -0.25) is 9.69 Å². The summed E-state index contributed by atoms with van der Waals surface area (Å²) in [5.41, 5.74) is 4.67. The highest BCUT2D eigenvalue weighted by Gasteiger charge is 2.37. The van der Waals surface area contributed by atoms with E-state index in [-0.39, 0.29) is 6.09 Å². The predicted octanol–water partition coefficient (Wildman–Crippen LogP) is 6.33. The SMILES string of the molecule is CC(C)(C)OC(=O)N1CCn2c(c(C3CCCCC3)c3ccc(C(=O)NS(=O)(=O)C4CC4)cc32)-c2ccccc21. The average Bonchev–Trinajstić information content (AvgIpc) is 3.73. The molecule has 1 aromatic heterocycles. The van der Waals surface area contributed by atoms with Crippen LogP contribution in [-0.2, 0) is 21.3 Å². The maximum absolute atomic E-state index is 13.4. The lowest BCUT2D eigenvalue weighted by molar-refractivity contribution is 0.0579. The molecule has 40 heavy (non-hydrogen) atoms. The topological polar surface area (TPSA) is 97.7 Å². The first-order valence-electron chi connectivity index (χ1n) is 14.4. The molecule has 2 heterocycles. The second kappa shape index (κ2) is 9.94. The number of anilines is 1. The van der Waals surface area contributed by atoms with Crippen molar-refractivity contribution in [3.8, 4) is 11.3 Å². The molecule has 6 rings (SSSR count). The fourth-order valence-electron chi connectivity index (χ4n) is 6.23. The number of amides is 2. The molecule has 2 aliphatic carbocycles. The summed E-state index contributed by atoms with van der Waals surface area (Å²) in [6.45, 7) is 6.51. The molecule has 8 nitrogen and oxygen atoms in total. The molecule has 0 atom stereocenters. The van der Waals surface area contributed by atoms with Gasteiger partial charge in [-0.05, 0) is 76.1 Å². The molecule has 3 aromatic rings. The minimum absolute atomic E-state index is 0.314. The number of carbonyl (C=O) groups is 2. The molecule has 2 amide bonds. The van der Waals surface area contributed by atoms with Crippen molar-refractivity contribution in [1.82, 2.24) is 9.29 Å². The van der Waals surface area contributed by atoms with Crippen LogP contribution in [0.2, 0.25) is 0 Å². The van der Waals surface area contributed by atoms with Crippen LogP contribution in [0.15, 0.2) is 42.5 Å². The van der Waals surface area contributed by atoms with Crippen LogP contribution in [0.1, 0.15) is 87.6 Å².